The van der Waals surface area contributed by atoms with Crippen molar-refractivity contribution in [1.29, 1.82) is 0 Å². The van der Waals surface area contributed by atoms with Crippen molar-refractivity contribution < 1.29 is 4.39 Å². The van der Waals surface area contributed by atoms with Gasteiger partial charge in [0.2, 0.25) is 0 Å². The third-order valence-electron chi connectivity index (χ3n) is 4.08. The van der Waals surface area contributed by atoms with Gasteiger partial charge in [0.1, 0.15) is 5.82 Å². The molecule has 2 unspecified atom stereocenters. The number of hydrogen-bond acceptors (Lipinski definition) is 2. The lowest BCUT2D eigenvalue weighted by molar-refractivity contribution is 0.606. The Morgan fingerprint density at radius 2 is 2.05 bits per heavy atom. The zero-order valence-electron chi connectivity index (χ0n) is 12.2. The van der Waals surface area contributed by atoms with Gasteiger partial charge in [-0.15, -0.1) is 0 Å². The average Bonchev–Trinajstić information content (AvgIpc) is 2.77. The van der Waals surface area contributed by atoms with Crippen molar-refractivity contribution in [1.82, 2.24) is 5.32 Å². The number of hydrogen-bond donors (Lipinski definition) is 1. The highest BCUT2D eigenvalue weighted by Crippen LogP contribution is 2.32. The third-order valence-corrected chi connectivity index (χ3v) is 4.08. The summed E-state index contributed by atoms with van der Waals surface area (Å²) < 4.78 is 13.8. The smallest absolute Gasteiger partial charge is 0.125 e. The second-order valence-electron chi connectivity index (χ2n) is 5.49. The van der Waals surface area contributed by atoms with Crippen LogP contribution in [-0.4, -0.2) is 18.6 Å². The molecule has 0 spiro atoms. The van der Waals surface area contributed by atoms with Crippen molar-refractivity contribution >= 4 is 5.69 Å². The highest BCUT2D eigenvalue weighted by molar-refractivity contribution is 5.52. The number of nitrogens with zero attached hydrogens (tertiary/aromatic N) is 1. The van der Waals surface area contributed by atoms with Crippen molar-refractivity contribution in [3.63, 3.8) is 0 Å². The molecule has 106 valence electrons. The average molecular weight is 264 g/mol. The number of halogens is 1. The van der Waals surface area contributed by atoms with Crippen LogP contribution in [0, 0.1) is 5.82 Å². The Morgan fingerprint density at radius 1 is 1.26 bits per heavy atom. The quantitative estimate of drug-likeness (QED) is 0.872. The first-order valence-corrected chi connectivity index (χ1v) is 7.44. The molecule has 0 amide bonds. The molecule has 2 nitrogen and oxygen atoms in total. The largest absolute Gasteiger partial charge is 0.366 e. The van der Waals surface area contributed by atoms with Gasteiger partial charge in [-0.05, 0) is 56.5 Å². The molecule has 1 aromatic rings. The zero-order chi connectivity index (χ0) is 13.8. The normalized spacial score (nSPS) is 23.1. The number of benzene rings is 1. The molecule has 1 N–H and O–H groups in total. The van der Waals surface area contributed by atoms with E-state index in [0.717, 1.165) is 30.8 Å². The first kappa shape index (κ1) is 14.3. The van der Waals surface area contributed by atoms with Crippen molar-refractivity contribution in [2.24, 2.45) is 0 Å². The fraction of sp³-hybridized carbons (Fsp3) is 0.625. The molecule has 1 heterocycles. The molecular weight excluding hydrogens is 239 g/mol. The van der Waals surface area contributed by atoms with E-state index in [1.165, 1.54) is 12.8 Å². The van der Waals surface area contributed by atoms with Crippen LogP contribution in [0.5, 0.6) is 0 Å². The molecule has 2 atom stereocenters. The molecule has 2 rings (SSSR count). The van der Waals surface area contributed by atoms with Gasteiger partial charge in [-0.25, -0.2) is 4.39 Å². The maximum absolute atomic E-state index is 13.8. The summed E-state index contributed by atoms with van der Waals surface area (Å²) in [6.07, 6.45) is 3.55. The lowest BCUT2D eigenvalue weighted by atomic mass is 10.1. The van der Waals surface area contributed by atoms with E-state index >= 15 is 0 Å². The van der Waals surface area contributed by atoms with Crippen LogP contribution in [0.15, 0.2) is 18.2 Å². The molecule has 1 saturated heterocycles. The van der Waals surface area contributed by atoms with E-state index < -0.39 is 0 Å². The van der Waals surface area contributed by atoms with E-state index in [-0.39, 0.29) is 5.82 Å². The maximum atomic E-state index is 13.8. The molecule has 0 aliphatic carbocycles. The van der Waals surface area contributed by atoms with Crippen LogP contribution in [0.3, 0.4) is 0 Å². The summed E-state index contributed by atoms with van der Waals surface area (Å²) in [4.78, 5) is 2.40. The number of nitrogens with one attached hydrogen (secondary N) is 1. The summed E-state index contributed by atoms with van der Waals surface area (Å²) >= 11 is 0. The summed E-state index contributed by atoms with van der Waals surface area (Å²) in [5.74, 6) is -0.126. The highest BCUT2D eigenvalue weighted by atomic mass is 19.1. The summed E-state index contributed by atoms with van der Waals surface area (Å²) in [5.41, 5.74) is 2.08. The Morgan fingerprint density at radius 3 is 2.74 bits per heavy atom. The van der Waals surface area contributed by atoms with Gasteiger partial charge in [-0.1, -0.05) is 13.8 Å². The summed E-state index contributed by atoms with van der Waals surface area (Å²) in [5, 5.41) is 3.26. The predicted octanol–water partition coefficient (Wildman–Crippen LogP) is 3.70. The predicted molar refractivity (Wildman–Crippen MR) is 79.0 cm³/mol. The minimum Gasteiger partial charge on any atom is -0.366 e. The maximum Gasteiger partial charge on any atom is 0.125 e. The first-order valence-electron chi connectivity index (χ1n) is 7.44. The van der Waals surface area contributed by atoms with Crippen LogP contribution in [-0.2, 0) is 6.54 Å². The molecule has 19 heavy (non-hydrogen) atoms. The SMILES string of the molecule is CCNCc1cc(F)cc(N2C(C)CCC2CC)c1. The fourth-order valence-corrected chi connectivity index (χ4v) is 3.09. The van der Waals surface area contributed by atoms with Crippen LogP contribution < -0.4 is 10.2 Å². The minimum atomic E-state index is -0.126. The van der Waals surface area contributed by atoms with Crippen molar-refractivity contribution in [2.45, 2.75) is 58.7 Å². The minimum absolute atomic E-state index is 0.126. The molecule has 3 heteroatoms. The lowest BCUT2D eigenvalue weighted by Gasteiger charge is -2.30. The van der Waals surface area contributed by atoms with Crippen LogP contribution in [0.25, 0.3) is 0 Å². The Bertz CT molecular complexity index is 419. The van der Waals surface area contributed by atoms with Crippen LogP contribution in [0.4, 0.5) is 10.1 Å². The monoisotopic (exact) mass is 264 g/mol. The van der Waals surface area contributed by atoms with E-state index in [0.29, 0.717) is 12.1 Å². The Hall–Kier alpha value is -1.09. The Labute approximate surface area is 116 Å². The molecule has 1 aromatic carbocycles. The van der Waals surface area contributed by atoms with Gasteiger partial charge in [0.05, 0.1) is 0 Å². The molecule has 0 radical (unpaired) electrons. The van der Waals surface area contributed by atoms with E-state index in [1.807, 2.05) is 0 Å². The topological polar surface area (TPSA) is 15.3 Å². The van der Waals surface area contributed by atoms with Gasteiger partial charge in [0, 0.05) is 24.3 Å². The fourth-order valence-electron chi connectivity index (χ4n) is 3.09. The third kappa shape index (κ3) is 3.27. The molecule has 1 aliphatic rings. The van der Waals surface area contributed by atoms with E-state index in [4.69, 9.17) is 0 Å². The molecular formula is C16H25FN2. The summed E-state index contributed by atoms with van der Waals surface area (Å²) in [6, 6.07) is 6.52. The van der Waals surface area contributed by atoms with Gasteiger partial charge < -0.3 is 10.2 Å². The van der Waals surface area contributed by atoms with E-state index in [2.05, 4.69) is 37.1 Å². The highest BCUT2D eigenvalue weighted by Gasteiger charge is 2.29. The molecule has 0 bridgehead atoms. The number of anilines is 1. The van der Waals surface area contributed by atoms with Crippen LogP contribution in [0.2, 0.25) is 0 Å². The second-order valence-corrected chi connectivity index (χ2v) is 5.49. The van der Waals surface area contributed by atoms with Crippen LogP contribution in [0.1, 0.15) is 45.6 Å². The van der Waals surface area contributed by atoms with Crippen LogP contribution >= 0.6 is 0 Å². The summed E-state index contributed by atoms with van der Waals surface area (Å²) in [6.45, 7) is 8.17. The lowest BCUT2D eigenvalue weighted by Crippen LogP contribution is -2.34. The van der Waals surface area contributed by atoms with Crippen molar-refractivity contribution in [3.05, 3.63) is 29.6 Å². The van der Waals surface area contributed by atoms with Crippen molar-refractivity contribution in [2.75, 3.05) is 11.4 Å². The van der Waals surface area contributed by atoms with Gasteiger partial charge in [-0.2, -0.15) is 0 Å². The Balaban J connectivity index is 2.25. The molecule has 1 aliphatic heterocycles. The first-order chi connectivity index (χ1) is 9.15. The van der Waals surface area contributed by atoms with Gasteiger partial charge in [0.25, 0.3) is 0 Å². The zero-order valence-corrected chi connectivity index (χ0v) is 12.2. The second kappa shape index (κ2) is 6.38. The van der Waals surface area contributed by atoms with E-state index in [9.17, 15) is 4.39 Å². The summed E-state index contributed by atoms with van der Waals surface area (Å²) in [7, 11) is 0. The molecule has 0 aromatic heterocycles. The van der Waals surface area contributed by atoms with Gasteiger partial charge in [0.15, 0.2) is 0 Å². The van der Waals surface area contributed by atoms with Gasteiger partial charge >= 0.3 is 0 Å². The van der Waals surface area contributed by atoms with Crippen molar-refractivity contribution in [3.8, 4) is 0 Å². The number of rotatable bonds is 5. The standard InChI is InChI=1S/C16H25FN2/c1-4-15-7-6-12(3)19(15)16-9-13(11-18-5-2)8-14(17)10-16/h8-10,12,15,18H,4-7,11H2,1-3H3. The molecule has 0 saturated carbocycles. The Kier molecular flexibility index (Phi) is 4.81. The van der Waals surface area contributed by atoms with Gasteiger partial charge in [-0.3, -0.25) is 0 Å². The van der Waals surface area contributed by atoms with E-state index in [1.54, 1.807) is 12.1 Å². The molecule has 1 fully saturated rings.